The Morgan fingerprint density at radius 3 is 1.32 bits per heavy atom. The van der Waals surface area contributed by atoms with Crippen LogP contribution >= 0.6 is 0 Å². The number of alkyl halides is 6. The first-order chi connectivity index (χ1) is 17.0. The fourth-order valence-corrected chi connectivity index (χ4v) is 3.53. The van der Waals surface area contributed by atoms with Gasteiger partial charge in [0, 0.05) is 46.8 Å². The average Bonchev–Trinajstić information content (AvgIpc) is 3.43. The van der Waals surface area contributed by atoms with E-state index >= 15 is 0 Å². The van der Waals surface area contributed by atoms with Gasteiger partial charge in [-0.05, 0) is 37.4 Å². The van der Waals surface area contributed by atoms with Gasteiger partial charge in [0.25, 0.3) is 0 Å². The van der Waals surface area contributed by atoms with E-state index in [1.807, 2.05) is 0 Å². The number of aromatic nitrogens is 4. The summed E-state index contributed by atoms with van der Waals surface area (Å²) in [6, 6.07) is 7.32. The van der Waals surface area contributed by atoms with Crippen molar-refractivity contribution in [3.8, 4) is 11.4 Å². The predicted octanol–water partition coefficient (Wildman–Crippen LogP) is 6.58. The minimum Gasteiger partial charge on any atom is -0.284 e. The quantitative estimate of drug-likeness (QED) is 0.176. The molecule has 4 nitrogen and oxygen atoms in total. The first-order valence-electron chi connectivity index (χ1n) is 10.1. The van der Waals surface area contributed by atoms with Gasteiger partial charge in [0.2, 0.25) is 0 Å². The van der Waals surface area contributed by atoms with Gasteiger partial charge in [0.1, 0.15) is 0 Å². The summed E-state index contributed by atoms with van der Waals surface area (Å²) in [4.78, 5) is 0. The van der Waals surface area contributed by atoms with Crippen LogP contribution in [0.15, 0.2) is 36.7 Å². The number of nitrogens with zero attached hydrogens (tertiary/aromatic N) is 4. The topological polar surface area (TPSA) is 35.6 Å². The maximum Gasteiger partial charge on any atom is 2.00 e. The summed E-state index contributed by atoms with van der Waals surface area (Å²) in [5, 5.41) is 8.05. The van der Waals surface area contributed by atoms with E-state index in [9.17, 15) is 43.9 Å². The molecule has 0 fully saturated rings. The van der Waals surface area contributed by atoms with Crippen molar-refractivity contribution in [1.29, 1.82) is 0 Å². The third-order valence-electron chi connectivity index (χ3n) is 5.49. The Morgan fingerprint density at radius 2 is 1.00 bits per heavy atom. The Bertz CT molecular complexity index is 1370. The minimum absolute atomic E-state index is 0. The molecule has 0 aliphatic heterocycles. The molecule has 0 spiro atoms. The maximum atomic E-state index is 14.5. The molecule has 15 heteroatoms. The van der Waals surface area contributed by atoms with Crippen LogP contribution in [0.2, 0.25) is 0 Å². The number of halogens is 10. The van der Waals surface area contributed by atoms with Gasteiger partial charge in [-0.25, -0.2) is 0 Å². The van der Waals surface area contributed by atoms with Crippen LogP contribution in [-0.2, 0) is 38.8 Å². The van der Waals surface area contributed by atoms with Crippen LogP contribution in [0.25, 0.3) is 11.4 Å². The molecule has 2 aromatic heterocycles. The Hall–Kier alpha value is -3.15. The molecule has 0 unspecified atom stereocenters. The molecule has 2 aromatic carbocycles. The van der Waals surface area contributed by atoms with Crippen LogP contribution in [0.5, 0.6) is 0 Å². The smallest absolute Gasteiger partial charge is 0.284 e. The molecule has 0 atom stereocenters. The van der Waals surface area contributed by atoms with E-state index in [1.165, 1.54) is 26.0 Å². The number of benzene rings is 2. The summed E-state index contributed by atoms with van der Waals surface area (Å²) in [5.74, 6) is -7.59. The first kappa shape index (κ1) is 29.4. The Balaban J connectivity index is 0.00000400. The molecule has 0 N–H and O–H groups in total. The van der Waals surface area contributed by atoms with Crippen molar-refractivity contribution in [2.75, 3.05) is 0 Å². The van der Waals surface area contributed by atoms with Crippen LogP contribution in [0.3, 0.4) is 0 Å². The number of hydrogen-bond acceptors (Lipinski definition) is 2. The molecule has 4 aromatic rings. The fraction of sp³-hybridized carbons (Fsp3) is 0.217. The van der Waals surface area contributed by atoms with Crippen molar-refractivity contribution in [2.24, 2.45) is 0 Å². The van der Waals surface area contributed by atoms with Gasteiger partial charge in [-0.15, -0.1) is 12.1 Å². The molecule has 0 aliphatic rings. The standard InChI is InChI=1S/C23H12F10N4.Pt/c1-21(2,15-7-9-36(34-15)13-5-3-11(24)17(19(13)26)22(28,29)30)16-8-10-37(35-16)14-6-4-12(25)18(20(14)27)23(31,32)33;/h3-4,7-10H,1-2H3;/q-2;+2. The van der Waals surface area contributed by atoms with Gasteiger partial charge < -0.3 is 0 Å². The number of hydrogen-bond donors (Lipinski definition) is 0. The maximum absolute atomic E-state index is 14.5. The van der Waals surface area contributed by atoms with Gasteiger partial charge >= 0.3 is 33.4 Å². The summed E-state index contributed by atoms with van der Waals surface area (Å²) in [6.45, 7) is 3.04. The largest absolute Gasteiger partial charge is 2.00 e. The normalized spacial score (nSPS) is 12.5. The summed E-state index contributed by atoms with van der Waals surface area (Å²) in [7, 11) is 0. The zero-order chi connectivity index (χ0) is 27.5. The van der Waals surface area contributed by atoms with Gasteiger partial charge in [-0.2, -0.15) is 48.7 Å². The van der Waals surface area contributed by atoms with E-state index in [2.05, 4.69) is 22.3 Å². The van der Waals surface area contributed by atoms with Crippen LogP contribution in [0.4, 0.5) is 43.9 Å². The van der Waals surface area contributed by atoms with Crippen molar-refractivity contribution < 1.29 is 65.0 Å². The summed E-state index contributed by atoms with van der Waals surface area (Å²) >= 11 is 0. The van der Waals surface area contributed by atoms with Crippen molar-refractivity contribution >= 4 is 0 Å². The van der Waals surface area contributed by atoms with Crippen LogP contribution in [0.1, 0.15) is 36.4 Å². The second kappa shape index (κ2) is 9.86. The van der Waals surface area contributed by atoms with Crippen molar-refractivity contribution in [2.45, 2.75) is 31.6 Å². The van der Waals surface area contributed by atoms with Crippen LogP contribution < -0.4 is 0 Å². The molecule has 0 radical (unpaired) electrons. The molecule has 0 saturated heterocycles. The number of rotatable bonds is 4. The molecule has 38 heavy (non-hydrogen) atoms. The van der Waals surface area contributed by atoms with E-state index in [1.54, 1.807) is 0 Å². The molecular weight excluding hydrogens is 717 g/mol. The zero-order valence-electron chi connectivity index (χ0n) is 18.8. The predicted molar refractivity (Wildman–Crippen MR) is 107 cm³/mol. The van der Waals surface area contributed by atoms with Gasteiger partial charge in [-0.3, -0.25) is 26.9 Å². The van der Waals surface area contributed by atoms with E-state index in [0.717, 1.165) is 12.4 Å². The molecule has 4 rings (SSSR count). The third-order valence-corrected chi connectivity index (χ3v) is 5.49. The summed E-state index contributed by atoms with van der Waals surface area (Å²) < 4.78 is 136. The molecule has 2 heterocycles. The van der Waals surface area contributed by atoms with Crippen molar-refractivity contribution in [1.82, 2.24) is 19.6 Å². The van der Waals surface area contributed by atoms with E-state index in [-0.39, 0.29) is 32.5 Å². The molecular formula is C23H12F10N4Pt. The van der Waals surface area contributed by atoms with Crippen molar-refractivity contribution in [3.05, 3.63) is 94.6 Å². The fourth-order valence-electron chi connectivity index (χ4n) is 3.53. The van der Waals surface area contributed by atoms with E-state index < -0.39 is 63.5 Å². The zero-order valence-corrected chi connectivity index (χ0v) is 21.1. The summed E-state index contributed by atoms with van der Waals surface area (Å²) in [5.41, 5.74) is -6.87. The van der Waals surface area contributed by atoms with Gasteiger partial charge in [-0.1, -0.05) is 0 Å². The van der Waals surface area contributed by atoms with Crippen LogP contribution in [0, 0.1) is 35.4 Å². The van der Waals surface area contributed by atoms with Crippen LogP contribution in [-0.4, -0.2) is 19.6 Å². The molecule has 0 amide bonds. The van der Waals surface area contributed by atoms with E-state index in [4.69, 9.17) is 0 Å². The first-order valence-corrected chi connectivity index (χ1v) is 10.1. The Morgan fingerprint density at radius 1 is 0.658 bits per heavy atom. The third kappa shape index (κ3) is 5.10. The molecule has 0 aliphatic carbocycles. The summed E-state index contributed by atoms with van der Waals surface area (Å²) in [6.07, 6.45) is -8.47. The average molecular weight is 729 g/mol. The second-order valence-electron chi connectivity index (χ2n) is 8.26. The second-order valence-corrected chi connectivity index (χ2v) is 8.26. The van der Waals surface area contributed by atoms with Gasteiger partial charge in [0.15, 0.2) is 0 Å². The SMILES string of the molecule is CC(C)(c1ccn(-c2[c-]cc(F)c(C(F)(F)F)c2F)n1)c1ccn(-c2[c-]cc(F)c(C(F)(F)F)c2F)n1.[Pt+2]. The monoisotopic (exact) mass is 729 g/mol. The molecule has 0 bridgehead atoms. The minimum atomic E-state index is -5.32. The Kier molecular flexibility index (Phi) is 7.63. The van der Waals surface area contributed by atoms with E-state index in [0.29, 0.717) is 21.5 Å². The van der Waals surface area contributed by atoms with Gasteiger partial charge in [0.05, 0.1) is 16.8 Å². The molecule has 204 valence electrons. The molecule has 0 saturated carbocycles. The Labute approximate surface area is 222 Å². The van der Waals surface area contributed by atoms with Crippen molar-refractivity contribution in [3.63, 3.8) is 0 Å².